The summed E-state index contributed by atoms with van der Waals surface area (Å²) >= 11 is 0.921. The van der Waals surface area contributed by atoms with Crippen molar-refractivity contribution in [3.05, 3.63) is 23.8 Å². The van der Waals surface area contributed by atoms with Gasteiger partial charge < -0.3 is 20.1 Å². The lowest BCUT2D eigenvalue weighted by atomic mass is 10.1. The Labute approximate surface area is 160 Å². The van der Waals surface area contributed by atoms with E-state index in [2.05, 4.69) is 10.6 Å². The number of amides is 4. The molecule has 2 N–H and O–H groups in total. The molecule has 10 heteroatoms. The lowest BCUT2D eigenvalue weighted by Crippen LogP contribution is -2.44. The molecule has 146 valence electrons. The number of thioether (sulfide) groups is 1. The Hall–Kier alpha value is -2.75. The maximum Gasteiger partial charge on any atom is 0.309 e. The van der Waals surface area contributed by atoms with Gasteiger partial charge in [-0.3, -0.25) is 24.1 Å². The molecule has 1 aromatic carbocycles. The fourth-order valence-electron chi connectivity index (χ4n) is 2.40. The fraction of sp³-hybridized carbons (Fsp3) is 0.412. The molecule has 4 amide bonds. The minimum atomic E-state index is -0.811. The summed E-state index contributed by atoms with van der Waals surface area (Å²) in [7, 11) is 3.08. The summed E-state index contributed by atoms with van der Waals surface area (Å²) in [4.78, 5) is 47.4. The van der Waals surface area contributed by atoms with Crippen LogP contribution in [-0.4, -0.2) is 67.5 Å². The molecule has 1 fully saturated rings. The quantitative estimate of drug-likeness (QED) is 0.603. The van der Waals surface area contributed by atoms with Gasteiger partial charge in [-0.1, -0.05) is 17.8 Å². The average Bonchev–Trinajstić information content (AvgIpc) is 2.99. The normalized spacial score (nSPS) is 13.5. The Morgan fingerprint density at radius 3 is 2.33 bits per heavy atom. The molecule has 1 aromatic rings. The van der Waals surface area contributed by atoms with Gasteiger partial charge in [-0.15, -0.1) is 0 Å². The van der Waals surface area contributed by atoms with Crippen molar-refractivity contribution in [3.63, 3.8) is 0 Å². The number of hydrogen-bond donors (Lipinski definition) is 2. The highest BCUT2D eigenvalue weighted by Gasteiger charge is 2.29. The van der Waals surface area contributed by atoms with Gasteiger partial charge in [0.1, 0.15) is 0 Å². The molecule has 1 saturated heterocycles. The van der Waals surface area contributed by atoms with Gasteiger partial charge >= 0.3 is 11.8 Å². The second-order valence-electron chi connectivity index (χ2n) is 5.55. The largest absolute Gasteiger partial charge is 0.493 e. The number of carbonyl (C=O) groups excluding carboxylic acids is 4. The molecular formula is C17H21N3O6S. The summed E-state index contributed by atoms with van der Waals surface area (Å²) in [6.45, 7) is 0.344. The van der Waals surface area contributed by atoms with Crippen LogP contribution in [0.1, 0.15) is 5.56 Å². The van der Waals surface area contributed by atoms with Crippen molar-refractivity contribution >= 4 is 34.7 Å². The first-order chi connectivity index (χ1) is 13.0. The summed E-state index contributed by atoms with van der Waals surface area (Å²) in [6.07, 6.45) is 0.507. The molecule has 0 atom stereocenters. The van der Waals surface area contributed by atoms with Crippen LogP contribution in [0.2, 0.25) is 0 Å². The third kappa shape index (κ3) is 5.61. The highest BCUT2D eigenvalue weighted by Crippen LogP contribution is 2.27. The number of ether oxygens (including phenoxy) is 2. The second kappa shape index (κ2) is 9.81. The molecule has 9 nitrogen and oxygen atoms in total. The van der Waals surface area contributed by atoms with E-state index in [0.29, 0.717) is 17.9 Å². The highest BCUT2D eigenvalue weighted by atomic mass is 32.2. The first-order valence-electron chi connectivity index (χ1n) is 8.20. The van der Waals surface area contributed by atoms with E-state index in [-0.39, 0.29) is 36.5 Å². The number of benzene rings is 1. The van der Waals surface area contributed by atoms with Crippen LogP contribution < -0.4 is 20.1 Å². The molecule has 0 bridgehead atoms. The predicted octanol–water partition coefficient (Wildman–Crippen LogP) is 0.174. The summed E-state index contributed by atoms with van der Waals surface area (Å²) in [5.41, 5.74) is 0.914. The van der Waals surface area contributed by atoms with Gasteiger partial charge in [0, 0.05) is 19.6 Å². The van der Waals surface area contributed by atoms with E-state index in [1.165, 1.54) is 7.11 Å². The Bertz CT molecular complexity index is 723. The maximum atomic E-state index is 11.8. The van der Waals surface area contributed by atoms with E-state index in [1.54, 1.807) is 19.2 Å². The van der Waals surface area contributed by atoms with E-state index in [9.17, 15) is 19.2 Å². The van der Waals surface area contributed by atoms with E-state index in [1.807, 2.05) is 6.07 Å². The zero-order valence-corrected chi connectivity index (χ0v) is 15.9. The van der Waals surface area contributed by atoms with Gasteiger partial charge in [0.05, 0.1) is 20.0 Å². The van der Waals surface area contributed by atoms with Crippen molar-refractivity contribution in [1.29, 1.82) is 0 Å². The Balaban J connectivity index is 1.71. The van der Waals surface area contributed by atoms with Gasteiger partial charge in [-0.25, -0.2) is 0 Å². The molecule has 1 aliphatic heterocycles. The van der Waals surface area contributed by atoms with Crippen LogP contribution >= 0.6 is 11.8 Å². The summed E-state index contributed by atoms with van der Waals surface area (Å²) < 4.78 is 10.4. The SMILES string of the molecule is COc1ccc(CCNC(=O)C(=O)NCCN2C(=O)CSC2=O)cc1OC. The fourth-order valence-corrected chi connectivity index (χ4v) is 3.15. The van der Waals surface area contributed by atoms with E-state index in [4.69, 9.17) is 9.47 Å². The number of hydrogen-bond acceptors (Lipinski definition) is 7. The van der Waals surface area contributed by atoms with Crippen molar-refractivity contribution < 1.29 is 28.7 Å². The standard InChI is InChI=1S/C17H21N3O6S/c1-25-12-4-3-11(9-13(12)26-2)5-6-18-15(22)16(23)19-7-8-20-14(21)10-27-17(20)24/h3-4,9H,5-8,10H2,1-2H3,(H,18,22)(H,19,23). The molecule has 0 spiro atoms. The van der Waals surface area contributed by atoms with Gasteiger partial charge in [-0.05, 0) is 24.1 Å². The molecule has 0 aliphatic carbocycles. The number of nitrogens with zero attached hydrogens (tertiary/aromatic N) is 1. The molecule has 0 aromatic heterocycles. The van der Waals surface area contributed by atoms with Crippen LogP contribution in [0.4, 0.5) is 4.79 Å². The third-order valence-electron chi connectivity index (χ3n) is 3.81. The molecular weight excluding hydrogens is 374 g/mol. The number of rotatable bonds is 8. The van der Waals surface area contributed by atoms with Gasteiger partial charge in [-0.2, -0.15) is 0 Å². The van der Waals surface area contributed by atoms with E-state index in [0.717, 1.165) is 22.2 Å². The number of carbonyl (C=O) groups is 4. The maximum absolute atomic E-state index is 11.8. The number of imide groups is 1. The number of nitrogens with one attached hydrogen (secondary N) is 2. The van der Waals surface area contributed by atoms with Crippen LogP contribution in [-0.2, 0) is 20.8 Å². The Kier molecular flexibility index (Phi) is 7.47. The summed E-state index contributed by atoms with van der Waals surface area (Å²) in [5.74, 6) is -0.568. The van der Waals surface area contributed by atoms with Gasteiger partial charge in [0.25, 0.3) is 5.24 Å². The number of methoxy groups -OCH3 is 2. The predicted molar refractivity (Wildman–Crippen MR) is 98.8 cm³/mol. The van der Waals surface area contributed by atoms with Crippen LogP contribution in [0.5, 0.6) is 11.5 Å². The summed E-state index contributed by atoms with van der Waals surface area (Å²) in [5, 5.41) is 4.57. The van der Waals surface area contributed by atoms with Gasteiger partial charge in [0.15, 0.2) is 11.5 Å². The zero-order valence-electron chi connectivity index (χ0n) is 15.1. The molecule has 1 heterocycles. The minimum absolute atomic E-state index is 0.0278. The van der Waals surface area contributed by atoms with E-state index < -0.39 is 11.8 Å². The van der Waals surface area contributed by atoms with Gasteiger partial charge in [0.2, 0.25) is 5.91 Å². The van der Waals surface area contributed by atoms with Crippen molar-refractivity contribution in [1.82, 2.24) is 15.5 Å². The Morgan fingerprint density at radius 2 is 1.74 bits per heavy atom. The molecule has 1 aliphatic rings. The van der Waals surface area contributed by atoms with Crippen LogP contribution in [0.15, 0.2) is 18.2 Å². The minimum Gasteiger partial charge on any atom is -0.493 e. The van der Waals surface area contributed by atoms with Crippen molar-refractivity contribution in [2.75, 3.05) is 39.6 Å². The first kappa shape index (κ1) is 20.6. The second-order valence-corrected chi connectivity index (χ2v) is 6.48. The zero-order chi connectivity index (χ0) is 19.8. The molecule has 0 radical (unpaired) electrons. The topological polar surface area (TPSA) is 114 Å². The van der Waals surface area contributed by atoms with E-state index >= 15 is 0 Å². The monoisotopic (exact) mass is 395 g/mol. The third-order valence-corrected chi connectivity index (χ3v) is 4.67. The molecule has 0 unspecified atom stereocenters. The van der Waals surface area contributed by atoms with Crippen LogP contribution in [0.25, 0.3) is 0 Å². The smallest absolute Gasteiger partial charge is 0.309 e. The molecule has 27 heavy (non-hydrogen) atoms. The van der Waals surface area contributed by atoms with Crippen LogP contribution in [0, 0.1) is 0 Å². The highest BCUT2D eigenvalue weighted by molar-refractivity contribution is 8.14. The van der Waals surface area contributed by atoms with Crippen molar-refractivity contribution in [2.45, 2.75) is 6.42 Å². The first-order valence-corrected chi connectivity index (χ1v) is 9.19. The van der Waals surface area contributed by atoms with Crippen molar-refractivity contribution in [2.24, 2.45) is 0 Å². The van der Waals surface area contributed by atoms with Crippen molar-refractivity contribution in [3.8, 4) is 11.5 Å². The average molecular weight is 395 g/mol. The van der Waals surface area contributed by atoms with Crippen LogP contribution in [0.3, 0.4) is 0 Å². The summed E-state index contributed by atoms with van der Waals surface area (Å²) in [6, 6.07) is 5.41. The lowest BCUT2D eigenvalue weighted by molar-refractivity contribution is -0.139. The Morgan fingerprint density at radius 1 is 1.07 bits per heavy atom. The molecule has 0 saturated carbocycles. The molecule has 2 rings (SSSR count). The lowest BCUT2D eigenvalue weighted by Gasteiger charge is -2.13.